The van der Waals surface area contributed by atoms with Crippen LogP contribution in [-0.2, 0) is 13.0 Å². The number of carbonyl (C=O) groups excluding carboxylic acids is 1. The van der Waals surface area contributed by atoms with E-state index < -0.39 is 0 Å². The highest BCUT2D eigenvalue weighted by molar-refractivity contribution is 7.13. The SMILES string of the molecule is CCc1cnccc1-c1nc(N2Cc3ccccc3NC2=O)cs1. The zero-order chi connectivity index (χ0) is 16.5. The van der Waals surface area contributed by atoms with Crippen LogP contribution in [0.25, 0.3) is 10.6 Å². The predicted molar refractivity (Wildman–Crippen MR) is 96.4 cm³/mol. The molecule has 24 heavy (non-hydrogen) atoms. The normalized spacial score (nSPS) is 13.5. The minimum Gasteiger partial charge on any atom is -0.307 e. The number of pyridine rings is 1. The number of nitrogens with zero attached hydrogens (tertiary/aromatic N) is 3. The standard InChI is InChI=1S/C18H16N4OS/c1-2-12-9-19-8-7-14(12)17-21-16(11-24-17)22-10-13-5-3-4-6-15(13)20-18(22)23/h3-9,11H,2,10H2,1H3,(H,20,23). The third kappa shape index (κ3) is 2.55. The van der Waals surface area contributed by atoms with Crippen molar-refractivity contribution in [3.63, 3.8) is 0 Å². The Morgan fingerprint density at radius 3 is 3.04 bits per heavy atom. The fraction of sp³-hybridized carbons (Fsp3) is 0.167. The molecule has 0 bridgehead atoms. The number of amides is 2. The van der Waals surface area contributed by atoms with Crippen LogP contribution < -0.4 is 10.2 Å². The van der Waals surface area contributed by atoms with E-state index in [1.165, 1.54) is 0 Å². The fourth-order valence-electron chi connectivity index (χ4n) is 2.82. The van der Waals surface area contributed by atoms with Gasteiger partial charge in [-0.25, -0.2) is 9.78 Å². The summed E-state index contributed by atoms with van der Waals surface area (Å²) in [5, 5.41) is 5.77. The Bertz CT molecular complexity index is 905. The van der Waals surface area contributed by atoms with Crippen LogP contribution in [0, 0.1) is 0 Å². The summed E-state index contributed by atoms with van der Waals surface area (Å²) >= 11 is 1.55. The van der Waals surface area contributed by atoms with Gasteiger partial charge in [-0.15, -0.1) is 11.3 Å². The molecule has 0 saturated carbocycles. The average Bonchev–Trinajstić information content (AvgIpc) is 3.10. The molecule has 1 aromatic carbocycles. The number of urea groups is 1. The smallest absolute Gasteiger partial charge is 0.307 e. The van der Waals surface area contributed by atoms with Crippen LogP contribution in [-0.4, -0.2) is 16.0 Å². The Morgan fingerprint density at radius 2 is 2.17 bits per heavy atom. The van der Waals surface area contributed by atoms with Crippen molar-refractivity contribution in [3.8, 4) is 10.6 Å². The van der Waals surface area contributed by atoms with Crippen molar-refractivity contribution < 1.29 is 4.79 Å². The van der Waals surface area contributed by atoms with Crippen molar-refractivity contribution in [3.05, 3.63) is 59.2 Å². The summed E-state index contributed by atoms with van der Waals surface area (Å²) in [5.74, 6) is 0.681. The van der Waals surface area contributed by atoms with Crippen molar-refractivity contribution in [2.75, 3.05) is 10.2 Å². The first-order valence-corrected chi connectivity index (χ1v) is 8.69. The lowest BCUT2D eigenvalue weighted by atomic mass is 10.1. The molecule has 2 amide bonds. The molecule has 0 atom stereocenters. The second-order valence-electron chi connectivity index (χ2n) is 5.57. The van der Waals surface area contributed by atoms with Crippen molar-refractivity contribution in [2.45, 2.75) is 19.9 Å². The zero-order valence-electron chi connectivity index (χ0n) is 13.2. The molecule has 3 heterocycles. The molecule has 5 nitrogen and oxygen atoms in total. The van der Waals surface area contributed by atoms with Crippen LogP contribution in [0.3, 0.4) is 0 Å². The second kappa shape index (κ2) is 6.05. The number of carbonyl (C=O) groups is 1. The lowest BCUT2D eigenvalue weighted by Crippen LogP contribution is -2.38. The number of aromatic nitrogens is 2. The van der Waals surface area contributed by atoms with Crippen LogP contribution in [0.2, 0.25) is 0 Å². The van der Waals surface area contributed by atoms with Crippen LogP contribution >= 0.6 is 11.3 Å². The maximum Gasteiger partial charge on any atom is 0.327 e. The van der Waals surface area contributed by atoms with E-state index in [1.54, 1.807) is 22.4 Å². The molecule has 2 aromatic heterocycles. The molecule has 0 spiro atoms. The largest absolute Gasteiger partial charge is 0.327 e. The van der Waals surface area contributed by atoms with Gasteiger partial charge in [-0.05, 0) is 29.7 Å². The summed E-state index contributed by atoms with van der Waals surface area (Å²) < 4.78 is 0. The first kappa shape index (κ1) is 14.8. The zero-order valence-corrected chi connectivity index (χ0v) is 14.0. The van der Waals surface area contributed by atoms with Gasteiger partial charge in [0.2, 0.25) is 0 Å². The third-order valence-corrected chi connectivity index (χ3v) is 4.98. The van der Waals surface area contributed by atoms with Crippen LogP contribution in [0.1, 0.15) is 18.1 Å². The molecule has 4 rings (SSSR count). The third-order valence-electron chi connectivity index (χ3n) is 4.12. The van der Waals surface area contributed by atoms with Gasteiger partial charge in [0.25, 0.3) is 0 Å². The van der Waals surface area contributed by atoms with Gasteiger partial charge >= 0.3 is 6.03 Å². The average molecular weight is 336 g/mol. The Morgan fingerprint density at radius 1 is 1.29 bits per heavy atom. The molecule has 1 N–H and O–H groups in total. The molecule has 0 aliphatic carbocycles. The van der Waals surface area contributed by atoms with Gasteiger partial charge in [0.1, 0.15) is 10.8 Å². The Kier molecular flexibility index (Phi) is 3.74. The monoisotopic (exact) mass is 336 g/mol. The first-order chi connectivity index (χ1) is 11.8. The lowest BCUT2D eigenvalue weighted by Gasteiger charge is -2.27. The number of fused-ring (bicyclic) bond motifs is 1. The minimum atomic E-state index is -0.143. The molecule has 0 radical (unpaired) electrons. The number of para-hydroxylation sites is 1. The van der Waals surface area contributed by atoms with E-state index in [4.69, 9.17) is 4.98 Å². The molecular weight excluding hydrogens is 320 g/mol. The lowest BCUT2D eigenvalue weighted by molar-refractivity contribution is 0.256. The maximum atomic E-state index is 12.4. The quantitative estimate of drug-likeness (QED) is 0.775. The number of nitrogens with one attached hydrogen (secondary N) is 1. The van der Waals surface area contributed by atoms with Gasteiger partial charge in [0.05, 0.1) is 6.54 Å². The van der Waals surface area contributed by atoms with Gasteiger partial charge in [-0.1, -0.05) is 25.1 Å². The van der Waals surface area contributed by atoms with Gasteiger partial charge < -0.3 is 5.32 Å². The fourth-order valence-corrected chi connectivity index (χ4v) is 3.69. The Balaban J connectivity index is 1.67. The van der Waals surface area contributed by atoms with Gasteiger partial charge in [0, 0.05) is 29.0 Å². The number of aryl methyl sites for hydroxylation is 1. The molecule has 0 saturated heterocycles. The van der Waals surface area contributed by atoms with E-state index in [9.17, 15) is 4.79 Å². The number of anilines is 2. The van der Waals surface area contributed by atoms with Crippen molar-refractivity contribution in [1.29, 1.82) is 0 Å². The van der Waals surface area contributed by atoms with Crippen LogP contribution in [0.4, 0.5) is 16.3 Å². The predicted octanol–water partition coefficient (Wildman–Crippen LogP) is 4.32. The number of hydrogen-bond acceptors (Lipinski definition) is 4. The van der Waals surface area contributed by atoms with Crippen LogP contribution in [0.15, 0.2) is 48.1 Å². The van der Waals surface area contributed by atoms with Gasteiger partial charge in [-0.2, -0.15) is 0 Å². The minimum absolute atomic E-state index is 0.143. The summed E-state index contributed by atoms with van der Waals surface area (Å²) in [4.78, 5) is 22.9. The van der Waals surface area contributed by atoms with Crippen molar-refractivity contribution in [2.24, 2.45) is 0 Å². The topological polar surface area (TPSA) is 58.1 Å². The summed E-state index contributed by atoms with van der Waals surface area (Å²) in [6, 6.07) is 9.68. The molecule has 120 valence electrons. The highest BCUT2D eigenvalue weighted by Gasteiger charge is 2.25. The second-order valence-corrected chi connectivity index (χ2v) is 6.43. The molecule has 0 fully saturated rings. The maximum absolute atomic E-state index is 12.4. The molecule has 1 aliphatic rings. The summed E-state index contributed by atoms with van der Waals surface area (Å²) in [5.41, 5.74) is 4.20. The van der Waals surface area contributed by atoms with Crippen molar-refractivity contribution in [1.82, 2.24) is 9.97 Å². The molecule has 3 aromatic rings. The van der Waals surface area contributed by atoms with Crippen LogP contribution in [0.5, 0.6) is 0 Å². The number of thiazole rings is 1. The number of benzene rings is 1. The van der Waals surface area contributed by atoms with E-state index in [0.29, 0.717) is 12.4 Å². The van der Waals surface area contributed by atoms with E-state index in [2.05, 4.69) is 17.2 Å². The van der Waals surface area contributed by atoms with E-state index in [0.717, 1.165) is 33.8 Å². The van der Waals surface area contributed by atoms with Gasteiger partial charge in [0.15, 0.2) is 0 Å². The highest BCUT2D eigenvalue weighted by atomic mass is 32.1. The first-order valence-electron chi connectivity index (χ1n) is 7.81. The van der Waals surface area contributed by atoms with Crippen molar-refractivity contribution >= 4 is 28.9 Å². The molecule has 0 unspecified atom stereocenters. The molecule has 1 aliphatic heterocycles. The summed E-state index contributed by atoms with van der Waals surface area (Å²) in [6.07, 6.45) is 4.55. The van der Waals surface area contributed by atoms with E-state index in [-0.39, 0.29) is 6.03 Å². The summed E-state index contributed by atoms with van der Waals surface area (Å²) in [6.45, 7) is 2.63. The Labute approximate surface area is 144 Å². The molecular formula is C18H16N4OS. The van der Waals surface area contributed by atoms with E-state index >= 15 is 0 Å². The highest BCUT2D eigenvalue weighted by Crippen LogP contribution is 2.33. The number of hydrogen-bond donors (Lipinski definition) is 1. The Hall–Kier alpha value is -2.73. The van der Waals surface area contributed by atoms with Gasteiger partial charge in [-0.3, -0.25) is 9.88 Å². The number of rotatable bonds is 3. The molecule has 6 heteroatoms. The van der Waals surface area contributed by atoms with E-state index in [1.807, 2.05) is 41.9 Å². The summed E-state index contributed by atoms with van der Waals surface area (Å²) in [7, 11) is 0.